The Kier molecular flexibility index (Phi) is 4.71. The first-order valence-corrected chi connectivity index (χ1v) is 6.10. The highest BCUT2D eigenvalue weighted by atomic mass is 16.5. The number of hydrogen-bond donors (Lipinski definition) is 1. The molecule has 0 aromatic carbocycles. The predicted molar refractivity (Wildman–Crippen MR) is 70.1 cm³/mol. The molecule has 4 nitrogen and oxygen atoms in total. The Morgan fingerprint density at radius 3 is 2.65 bits per heavy atom. The Hall–Kier alpha value is -0.870. The van der Waals surface area contributed by atoms with E-state index in [0.717, 1.165) is 18.8 Å². The summed E-state index contributed by atoms with van der Waals surface area (Å²) in [6.45, 7) is 10.3. The minimum absolute atomic E-state index is 0.0861. The lowest BCUT2D eigenvalue weighted by atomic mass is 9.89. The van der Waals surface area contributed by atoms with Crippen molar-refractivity contribution in [2.45, 2.75) is 45.7 Å². The number of aromatic nitrogens is 2. The zero-order chi connectivity index (χ0) is 13.1. The fraction of sp³-hybridized carbons (Fsp3) is 0.769. The highest BCUT2D eigenvalue weighted by Gasteiger charge is 2.21. The molecule has 0 amide bonds. The van der Waals surface area contributed by atoms with E-state index in [1.165, 1.54) is 5.56 Å². The highest BCUT2D eigenvalue weighted by Crippen LogP contribution is 2.23. The third-order valence-corrected chi connectivity index (χ3v) is 2.67. The number of methoxy groups -OCH3 is 1. The van der Waals surface area contributed by atoms with Gasteiger partial charge in [0.2, 0.25) is 0 Å². The largest absolute Gasteiger partial charge is 0.383 e. The Balaban J connectivity index is 2.71. The number of aryl methyl sites for hydroxylation is 1. The van der Waals surface area contributed by atoms with Gasteiger partial charge in [-0.15, -0.1) is 0 Å². The monoisotopic (exact) mass is 239 g/mol. The molecule has 0 spiro atoms. The number of nitrogens with zero attached hydrogens (tertiary/aromatic N) is 2. The molecule has 98 valence electrons. The van der Waals surface area contributed by atoms with Crippen LogP contribution in [0.15, 0.2) is 6.20 Å². The molecule has 1 rings (SSSR count). The molecule has 1 atom stereocenters. The fourth-order valence-electron chi connectivity index (χ4n) is 1.89. The summed E-state index contributed by atoms with van der Waals surface area (Å²) in [5.41, 5.74) is 2.52. The molecular formula is C13H25N3O. The summed E-state index contributed by atoms with van der Waals surface area (Å²) < 4.78 is 7.00. The van der Waals surface area contributed by atoms with E-state index in [4.69, 9.17) is 4.74 Å². The van der Waals surface area contributed by atoms with Gasteiger partial charge < -0.3 is 10.1 Å². The van der Waals surface area contributed by atoms with Gasteiger partial charge in [-0.3, -0.25) is 4.68 Å². The molecule has 0 fully saturated rings. The van der Waals surface area contributed by atoms with Gasteiger partial charge in [0.1, 0.15) is 0 Å². The van der Waals surface area contributed by atoms with Crippen molar-refractivity contribution in [2.75, 3.05) is 13.7 Å². The van der Waals surface area contributed by atoms with Gasteiger partial charge in [0.15, 0.2) is 0 Å². The van der Waals surface area contributed by atoms with Gasteiger partial charge >= 0.3 is 0 Å². The van der Waals surface area contributed by atoms with Gasteiger partial charge in [0.05, 0.1) is 12.3 Å². The first-order chi connectivity index (χ1) is 7.84. The maximum absolute atomic E-state index is 5.11. The van der Waals surface area contributed by atoms with E-state index < -0.39 is 0 Å². The Bertz CT molecular complexity index is 352. The standard InChI is InChI=1S/C13H25N3O/c1-10(9-17-6)14-7-11-8-16(5)15-12(11)13(2,3)4/h8,10,14H,7,9H2,1-6H3. The lowest BCUT2D eigenvalue weighted by Crippen LogP contribution is -2.30. The van der Waals surface area contributed by atoms with Crippen LogP contribution in [0.3, 0.4) is 0 Å². The van der Waals surface area contributed by atoms with Gasteiger partial charge in [-0.1, -0.05) is 20.8 Å². The number of ether oxygens (including phenoxy) is 1. The second-order valence-electron chi connectivity index (χ2n) is 5.66. The molecule has 1 aromatic heterocycles. The van der Waals surface area contributed by atoms with Crippen molar-refractivity contribution in [3.8, 4) is 0 Å². The summed E-state index contributed by atoms with van der Waals surface area (Å²) in [4.78, 5) is 0. The second kappa shape index (κ2) is 5.65. The summed E-state index contributed by atoms with van der Waals surface area (Å²) in [6, 6.07) is 0.355. The second-order valence-corrected chi connectivity index (χ2v) is 5.66. The molecular weight excluding hydrogens is 214 g/mol. The minimum Gasteiger partial charge on any atom is -0.383 e. The number of hydrogen-bond acceptors (Lipinski definition) is 3. The lowest BCUT2D eigenvalue weighted by Gasteiger charge is -2.19. The van der Waals surface area contributed by atoms with E-state index in [-0.39, 0.29) is 5.41 Å². The van der Waals surface area contributed by atoms with Crippen LogP contribution in [0.25, 0.3) is 0 Å². The van der Waals surface area contributed by atoms with Gasteiger partial charge in [-0.25, -0.2) is 0 Å². The van der Waals surface area contributed by atoms with Crippen LogP contribution in [0.4, 0.5) is 0 Å². The van der Waals surface area contributed by atoms with Crippen molar-refractivity contribution >= 4 is 0 Å². The average Bonchev–Trinajstić information content (AvgIpc) is 2.57. The summed E-state index contributed by atoms with van der Waals surface area (Å²) in [7, 11) is 3.69. The van der Waals surface area contributed by atoms with Crippen molar-refractivity contribution in [1.29, 1.82) is 0 Å². The molecule has 0 aliphatic rings. The molecule has 0 aliphatic carbocycles. The molecule has 0 saturated heterocycles. The van der Waals surface area contributed by atoms with Crippen molar-refractivity contribution in [3.05, 3.63) is 17.5 Å². The molecule has 1 unspecified atom stereocenters. The van der Waals surface area contributed by atoms with Crippen molar-refractivity contribution in [2.24, 2.45) is 7.05 Å². The Labute approximate surface area is 104 Å². The normalized spacial score (nSPS) is 14.0. The molecule has 1 N–H and O–H groups in total. The summed E-state index contributed by atoms with van der Waals surface area (Å²) >= 11 is 0. The Morgan fingerprint density at radius 2 is 2.12 bits per heavy atom. The molecule has 0 aliphatic heterocycles. The van der Waals surface area contributed by atoms with E-state index in [2.05, 4.69) is 44.3 Å². The van der Waals surface area contributed by atoms with Gasteiger partial charge in [0.25, 0.3) is 0 Å². The van der Waals surface area contributed by atoms with Gasteiger partial charge in [-0.05, 0) is 6.92 Å². The van der Waals surface area contributed by atoms with Crippen LogP contribution in [-0.4, -0.2) is 29.5 Å². The van der Waals surface area contributed by atoms with Crippen molar-refractivity contribution in [3.63, 3.8) is 0 Å². The average molecular weight is 239 g/mol. The van der Waals surface area contributed by atoms with E-state index in [1.807, 2.05) is 11.7 Å². The fourth-order valence-corrected chi connectivity index (χ4v) is 1.89. The SMILES string of the molecule is COCC(C)NCc1cn(C)nc1C(C)(C)C. The molecule has 17 heavy (non-hydrogen) atoms. The quantitative estimate of drug-likeness (QED) is 0.852. The molecule has 0 radical (unpaired) electrons. The van der Waals surface area contributed by atoms with Gasteiger partial charge in [0, 0.05) is 43.9 Å². The van der Waals surface area contributed by atoms with Crippen LogP contribution in [0, 0.1) is 0 Å². The molecule has 1 aromatic rings. The number of rotatable bonds is 5. The van der Waals surface area contributed by atoms with Crippen molar-refractivity contribution in [1.82, 2.24) is 15.1 Å². The smallest absolute Gasteiger partial charge is 0.0722 e. The lowest BCUT2D eigenvalue weighted by molar-refractivity contribution is 0.171. The molecule has 0 bridgehead atoms. The molecule has 0 saturated carbocycles. The van der Waals surface area contributed by atoms with E-state index in [1.54, 1.807) is 7.11 Å². The van der Waals surface area contributed by atoms with Crippen molar-refractivity contribution < 1.29 is 4.74 Å². The molecule has 4 heteroatoms. The van der Waals surface area contributed by atoms with Crippen LogP contribution in [-0.2, 0) is 23.7 Å². The van der Waals surface area contributed by atoms with E-state index in [0.29, 0.717) is 6.04 Å². The maximum Gasteiger partial charge on any atom is 0.0722 e. The summed E-state index contributed by atoms with van der Waals surface area (Å²) in [6.07, 6.45) is 2.09. The van der Waals surface area contributed by atoms with Crippen LogP contribution in [0.1, 0.15) is 39.0 Å². The Morgan fingerprint density at radius 1 is 1.47 bits per heavy atom. The highest BCUT2D eigenvalue weighted by molar-refractivity contribution is 5.23. The van der Waals surface area contributed by atoms with Crippen LogP contribution >= 0.6 is 0 Å². The maximum atomic E-state index is 5.11. The van der Waals surface area contributed by atoms with Crippen LogP contribution in [0.5, 0.6) is 0 Å². The zero-order valence-electron chi connectivity index (χ0n) is 11.9. The minimum atomic E-state index is 0.0861. The zero-order valence-corrected chi connectivity index (χ0v) is 11.9. The third kappa shape index (κ3) is 4.13. The molecule has 1 heterocycles. The summed E-state index contributed by atoms with van der Waals surface area (Å²) in [5.74, 6) is 0. The topological polar surface area (TPSA) is 39.1 Å². The third-order valence-electron chi connectivity index (χ3n) is 2.67. The first kappa shape index (κ1) is 14.2. The summed E-state index contributed by atoms with van der Waals surface area (Å²) in [5, 5.41) is 8.00. The van der Waals surface area contributed by atoms with Crippen LogP contribution in [0.2, 0.25) is 0 Å². The van der Waals surface area contributed by atoms with Crippen LogP contribution < -0.4 is 5.32 Å². The van der Waals surface area contributed by atoms with Gasteiger partial charge in [-0.2, -0.15) is 5.10 Å². The first-order valence-electron chi connectivity index (χ1n) is 6.10. The number of nitrogens with one attached hydrogen (secondary N) is 1. The van der Waals surface area contributed by atoms with E-state index >= 15 is 0 Å². The predicted octanol–water partition coefficient (Wildman–Crippen LogP) is 1.84. The van der Waals surface area contributed by atoms with E-state index in [9.17, 15) is 0 Å².